The number of anilines is 2. The number of pyridine rings is 1. The Balaban J connectivity index is 1.37. The van der Waals surface area contributed by atoms with E-state index in [1.165, 1.54) is 0 Å². The molecule has 3 aromatic heterocycles. The molecule has 2 aliphatic heterocycles. The summed E-state index contributed by atoms with van der Waals surface area (Å²) in [5, 5.41) is 4.46. The molecule has 14 heteroatoms. The number of piperazine rings is 1. The van der Waals surface area contributed by atoms with E-state index in [2.05, 4.69) is 31.8 Å². The van der Waals surface area contributed by atoms with Crippen LogP contribution in [0.5, 0.6) is 0 Å². The Morgan fingerprint density at radius 3 is 2.50 bits per heavy atom. The predicted molar refractivity (Wildman–Crippen MR) is 148 cm³/mol. The Bertz CT molecular complexity index is 1530. The number of halogens is 3. The van der Waals surface area contributed by atoms with Crippen molar-refractivity contribution in [3.8, 4) is 23.2 Å². The fraction of sp³-hybridized carbons (Fsp3) is 0.464. The molecule has 3 aromatic rings. The maximum absolute atomic E-state index is 13.9. The van der Waals surface area contributed by atoms with Gasteiger partial charge in [0.1, 0.15) is 11.3 Å². The first-order chi connectivity index (χ1) is 20.1. The Morgan fingerprint density at radius 2 is 1.81 bits per heavy atom. The number of nitrogens with two attached hydrogens (primary N) is 1. The fourth-order valence-corrected chi connectivity index (χ4v) is 5.12. The number of ether oxygens (including phenoxy) is 1. The summed E-state index contributed by atoms with van der Waals surface area (Å²) in [5.74, 6) is 4.85. The second-order valence-electron chi connectivity index (χ2n) is 10.1. The van der Waals surface area contributed by atoms with Crippen molar-refractivity contribution in [1.82, 2.24) is 29.4 Å². The molecule has 2 fully saturated rings. The smallest absolute Gasteiger partial charge is 0.384 e. The van der Waals surface area contributed by atoms with Crippen LogP contribution in [0.1, 0.15) is 30.9 Å². The number of aromatic nitrogens is 4. The molecule has 0 aliphatic carbocycles. The van der Waals surface area contributed by atoms with E-state index in [-0.39, 0.29) is 41.7 Å². The van der Waals surface area contributed by atoms with Gasteiger partial charge in [-0.25, -0.2) is 14.5 Å². The average Bonchev–Trinajstić information content (AvgIpc) is 3.38. The molecule has 5 heterocycles. The highest BCUT2D eigenvalue weighted by atomic mass is 19.4. The fourth-order valence-electron chi connectivity index (χ4n) is 5.12. The van der Waals surface area contributed by atoms with E-state index < -0.39 is 11.7 Å². The molecular weight excluding hydrogens is 553 g/mol. The van der Waals surface area contributed by atoms with Crippen LogP contribution in [0.3, 0.4) is 0 Å². The molecular formula is C28H31F3N8O3. The van der Waals surface area contributed by atoms with Gasteiger partial charge in [0.25, 0.3) is 0 Å². The number of alkyl halides is 3. The van der Waals surface area contributed by atoms with E-state index in [9.17, 15) is 22.8 Å². The van der Waals surface area contributed by atoms with E-state index in [0.717, 1.165) is 17.8 Å². The number of fused-ring (bicyclic) bond motifs is 1. The van der Waals surface area contributed by atoms with Gasteiger partial charge < -0.3 is 20.3 Å². The molecule has 0 bridgehead atoms. The molecule has 2 aliphatic rings. The van der Waals surface area contributed by atoms with Crippen molar-refractivity contribution in [3.63, 3.8) is 0 Å². The molecule has 11 nitrogen and oxygen atoms in total. The summed E-state index contributed by atoms with van der Waals surface area (Å²) in [6.45, 7) is 6.50. The number of rotatable bonds is 7. The lowest BCUT2D eigenvalue weighted by atomic mass is 10.1. The van der Waals surface area contributed by atoms with E-state index in [4.69, 9.17) is 10.5 Å². The lowest BCUT2D eigenvalue weighted by Gasteiger charge is -2.34. The second-order valence-corrected chi connectivity index (χ2v) is 10.1. The third kappa shape index (κ3) is 6.63. The van der Waals surface area contributed by atoms with Crippen molar-refractivity contribution in [1.29, 1.82) is 0 Å². The first-order valence-electron chi connectivity index (χ1n) is 13.6. The Labute approximate surface area is 240 Å². The molecule has 0 spiro atoms. The number of ketones is 1. The highest BCUT2D eigenvalue weighted by Gasteiger charge is 2.35. The predicted octanol–water partition coefficient (Wildman–Crippen LogP) is 2.25. The van der Waals surface area contributed by atoms with Crippen LogP contribution >= 0.6 is 0 Å². The Morgan fingerprint density at radius 1 is 1.07 bits per heavy atom. The number of nitrogen functional groups attached to an aromatic ring is 1. The Hall–Kier alpha value is -4.22. The lowest BCUT2D eigenvalue weighted by molar-refractivity contribution is -0.137. The normalized spacial score (nSPS) is 16.4. The zero-order valence-electron chi connectivity index (χ0n) is 23.2. The number of carbonyl (C=O) groups is 2. The van der Waals surface area contributed by atoms with E-state index in [1.807, 2.05) is 11.0 Å². The number of nitrogens with zero attached hydrogens (tertiary/aromatic N) is 7. The van der Waals surface area contributed by atoms with Crippen molar-refractivity contribution in [2.75, 3.05) is 63.1 Å². The standard InChI is InChI=1S/C28H31F3N8O3/c1-2-3-20(40)4-5-25(41)37-8-6-36(7-9-37)17-19-14-23-27(38-10-12-42-13-11-38)34-26(35-39(23)18-19)21-16-33-24(32)15-22(21)28(29,30)31/h14-16,18H,4-13,17H2,1H3,(H2,32,33). The number of morpholine rings is 1. The summed E-state index contributed by atoms with van der Waals surface area (Å²) < 4.78 is 48.8. The van der Waals surface area contributed by atoms with Crippen LogP contribution in [0.4, 0.5) is 24.8 Å². The first-order valence-corrected chi connectivity index (χ1v) is 13.6. The Kier molecular flexibility index (Phi) is 8.60. The summed E-state index contributed by atoms with van der Waals surface area (Å²) in [6, 6.07) is 2.73. The summed E-state index contributed by atoms with van der Waals surface area (Å²) >= 11 is 0. The van der Waals surface area contributed by atoms with Gasteiger partial charge in [0, 0.05) is 71.0 Å². The largest absolute Gasteiger partial charge is 0.417 e. The monoisotopic (exact) mass is 584 g/mol. The van der Waals surface area contributed by atoms with Crippen molar-refractivity contribution < 1.29 is 27.5 Å². The highest BCUT2D eigenvalue weighted by molar-refractivity contribution is 5.97. The van der Waals surface area contributed by atoms with Gasteiger partial charge in [0.05, 0.1) is 24.3 Å². The zero-order valence-corrected chi connectivity index (χ0v) is 23.2. The van der Waals surface area contributed by atoms with Crippen LogP contribution in [0, 0.1) is 11.8 Å². The van der Waals surface area contributed by atoms with Gasteiger partial charge >= 0.3 is 6.18 Å². The molecule has 0 unspecified atom stereocenters. The molecule has 0 atom stereocenters. The van der Waals surface area contributed by atoms with Gasteiger partial charge in [-0.3, -0.25) is 14.5 Å². The number of Topliss-reactive ketones (excluding diaryl/α,β-unsaturated/α-hetero) is 1. The van der Waals surface area contributed by atoms with Gasteiger partial charge in [-0.2, -0.15) is 13.2 Å². The molecule has 2 saturated heterocycles. The zero-order chi connectivity index (χ0) is 29.9. The number of amides is 1. The third-order valence-corrected chi connectivity index (χ3v) is 7.24. The minimum atomic E-state index is -4.67. The minimum absolute atomic E-state index is 0.0659. The molecule has 42 heavy (non-hydrogen) atoms. The molecule has 0 saturated carbocycles. The maximum atomic E-state index is 13.9. The van der Waals surface area contributed by atoms with Gasteiger partial charge in [0.15, 0.2) is 11.6 Å². The average molecular weight is 585 g/mol. The van der Waals surface area contributed by atoms with Crippen molar-refractivity contribution >= 4 is 28.8 Å². The van der Waals surface area contributed by atoms with Crippen LogP contribution in [-0.4, -0.2) is 93.6 Å². The molecule has 0 aromatic carbocycles. The summed E-state index contributed by atoms with van der Waals surface area (Å²) in [5.41, 5.74) is 5.94. The first kappa shape index (κ1) is 29.3. The van der Waals surface area contributed by atoms with E-state index in [1.54, 1.807) is 22.5 Å². The van der Waals surface area contributed by atoms with Crippen LogP contribution in [-0.2, 0) is 27.0 Å². The molecule has 1 amide bonds. The summed E-state index contributed by atoms with van der Waals surface area (Å²) in [6.07, 6.45) is -1.57. The molecule has 2 N–H and O–H groups in total. The van der Waals surface area contributed by atoms with Gasteiger partial charge in [-0.15, -0.1) is 5.10 Å². The lowest BCUT2D eigenvalue weighted by Crippen LogP contribution is -2.48. The molecule has 222 valence electrons. The van der Waals surface area contributed by atoms with Gasteiger partial charge in [0.2, 0.25) is 11.7 Å². The van der Waals surface area contributed by atoms with Gasteiger partial charge in [-0.05, 0) is 30.5 Å². The molecule has 0 radical (unpaired) electrons. The van der Waals surface area contributed by atoms with E-state index >= 15 is 0 Å². The number of hydrogen-bond donors (Lipinski definition) is 1. The highest BCUT2D eigenvalue weighted by Crippen LogP contribution is 2.37. The van der Waals surface area contributed by atoms with Crippen LogP contribution in [0.25, 0.3) is 16.9 Å². The molecule has 5 rings (SSSR count). The van der Waals surface area contributed by atoms with E-state index in [0.29, 0.717) is 70.4 Å². The number of carbonyl (C=O) groups excluding carboxylic acids is 2. The van der Waals surface area contributed by atoms with Crippen molar-refractivity contribution in [2.45, 2.75) is 32.5 Å². The van der Waals surface area contributed by atoms with Crippen molar-refractivity contribution in [2.24, 2.45) is 0 Å². The van der Waals surface area contributed by atoms with Crippen molar-refractivity contribution in [3.05, 3.63) is 35.7 Å². The summed E-state index contributed by atoms with van der Waals surface area (Å²) in [4.78, 5) is 38.6. The third-order valence-electron chi connectivity index (χ3n) is 7.24. The van der Waals surface area contributed by atoms with Crippen LogP contribution in [0.2, 0.25) is 0 Å². The second kappa shape index (κ2) is 12.3. The maximum Gasteiger partial charge on any atom is 0.417 e. The summed E-state index contributed by atoms with van der Waals surface area (Å²) in [7, 11) is 0. The quantitative estimate of drug-likeness (QED) is 0.329. The SMILES string of the molecule is CC#CC(=O)CCC(=O)N1CCN(Cc2cc3c(N4CCOCC4)nc(-c4cnc(N)cc4C(F)(F)F)nn3c2)CC1. The van der Waals surface area contributed by atoms with Crippen LogP contribution < -0.4 is 10.6 Å². The topological polar surface area (TPSA) is 122 Å². The minimum Gasteiger partial charge on any atom is -0.384 e. The number of hydrogen-bond acceptors (Lipinski definition) is 9. The van der Waals surface area contributed by atoms with Gasteiger partial charge in [-0.1, -0.05) is 5.92 Å². The van der Waals surface area contributed by atoms with Crippen LogP contribution in [0.15, 0.2) is 24.5 Å².